The highest BCUT2D eigenvalue weighted by Gasteiger charge is 2.33. The van der Waals surface area contributed by atoms with Crippen molar-refractivity contribution in [3.8, 4) is 6.07 Å². The van der Waals surface area contributed by atoms with Crippen LogP contribution in [-0.2, 0) is 6.18 Å². The van der Waals surface area contributed by atoms with E-state index in [0.717, 1.165) is 12.1 Å². The Morgan fingerprint density at radius 1 is 1.33 bits per heavy atom. The van der Waals surface area contributed by atoms with Crippen molar-refractivity contribution in [3.05, 3.63) is 29.6 Å². The molecule has 1 aliphatic heterocycles. The van der Waals surface area contributed by atoms with Crippen LogP contribution in [0.4, 0.5) is 23.2 Å². The van der Waals surface area contributed by atoms with Gasteiger partial charge in [-0.1, -0.05) is 0 Å². The molecule has 0 spiro atoms. The van der Waals surface area contributed by atoms with Crippen molar-refractivity contribution in [1.82, 2.24) is 0 Å². The highest BCUT2D eigenvalue weighted by atomic mass is 19.4. The summed E-state index contributed by atoms with van der Waals surface area (Å²) < 4.78 is 51.3. The van der Waals surface area contributed by atoms with Gasteiger partial charge in [0, 0.05) is 6.54 Å². The van der Waals surface area contributed by atoms with Crippen molar-refractivity contribution in [1.29, 1.82) is 5.26 Å². The maximum absolute atomic E-state index is 13.6. The van der Waals surface area contributed by atoms with Crippen LogP contribution in [0.1, 0.15) is 18.4 Å². The minimum atomic E-state index is -4.51. The van der Waals surface area contributed by atoms with Gasteiger partial charge in [0.25, 0.3) is 0 Å². The summed E-state index contributed by atoms with van der Waals surface area (Å²) in [5.41, 5.74) is -1.05. The molecule has 0 saturated carbocycles. The molecular formula is C12H10F4N2. The van der Waals surface area contributed by atoms with Gasteiger partial charge < -0.3 is 4.90 Å². The molecule has 1 atom stereocenters. The lowest BCUT2D eigenvalue weighted by Gasteiger charge is -2.23. The minimum absolute atomic E-state index is 0.145. The van der Waals surface area contributed by atoms with Crippen LogP contribution in [0, 0.1) is 17.1 Å². The Hall–Kier alpha value is -1.77. The lowest BCUT2D eigenvalue weighted by atomic mass is 10.1. The minimum Gasteiger partial charge on any atom is -0.353 e. The van der Waals surface area contributed by atoms with Gasteiger partial charge in [0.1, 0.15) is 11.9 Å². The van der Waals surface area contributed by atoms with Crippen LogP contribution in [-0.4, -0.2) is 12.6 Å². The second kappa shape index (κ2) is 4.48. The number of hydrogen-bond donors (Lipinski definition) is 0. The lowest BCUT2D eigenvalue weighted by Crippen LogP contribution is -2.28. The molecule has 0 amide bonds. The number of nitriles is 1. The fourth-order valence-electron chi connectivity index (χ4n) is 2.10. The van der Waals surface area contributed by atoms with Crippen LogP contribution in [0.5, 0.6) is 0 Å². The molecule has 96 valence electrons. The van der Waals surface area contributed by atoms with E-state index in [0.29, 0.717) is 25.5 Å². The second-order valence-corrected chi connectivity index (χ2v) is 4.14. The standard InChI is InChI=1S/C12H10F4N2/c13-10-4-3-8(12(14,15)16)6-11(10)18-5-1-2-9(18)7-17/h3-4,6,9H,1-2,5H2/t9-/m1/s1. The molecule has 0 unspecified atom stereocenters. The summed E-state index contributed by atoms with van der Waals surface area (Å²) in [7, 11) is 0. The Morgan fingerprint density at radius 3 is 2.67 bits per heavy atom. The summed E-state index contributed by atoms with van der Waals surface area (Å²) in [6.07, 6.45) is -3.29. The van der Waals surface area contributed by atoms with Crippen molar-refractivity contribution in [2.24, 2.45) is 0 Å². The Labute approximate surface area is 101 Å². The Kier molecular flexibility index (Phi) is 3.16. The number of benzene rings is 1. The first-order chi connectivity index (χ1) is 8.43. The molecule has 1 aromatic rings. The van der Waals surface area contributed by atoms with Crippen LogP contribution in [0.15, 0.2) is 18.2 Å². The molecule has 1 aliphatic rings. The van der Waals surface area contributed by atoms with Gasteiger partial charge in [-0.2, -0.15) is 18.4 Å². The van der Waals surface area contributed by atoms with Crippen LogP contribution in [0.25, 0.3) is 0 Å². The predicted octanol–water partition coefficient (Wildman–Crippen LogP) is 3.34. The SMILES string of the molecule is N#C[C@H]1CCCN1c1cc(C(F)(F)F)ccc1F. The highest BCUT2D eigenvalue weighted by molar-refractivity contribution is 5.53. The molecule has 1 heterocycles. The first-order valence-electron chi connectivity index (χ1n) is 5.46. The first-order valence-corrected chi connectivity index (χ1v) is 5.46. The Morgan fingerprint density at radius 2 is 2.06 bits per heavy atom. The molecule has 0 aromatic heterocycles. The van der Waals surface area contributed by atoms with E-state index in [4.69, 9.17) is 5.26 Å². The Balaban J connectivity index is 2.41. The van der Waals surface area contributed by atoms with Crippen LogP contribution in [0.2, 0.25) is 0 Å². The third-order valence-corrected chi connectivity index (χ3v) is 2.98. The summed E-state index contributed by atoms with van der Waals surface area (Å²) in [6, 6.07) is 3.69. The molecular weight excluding hydrogens is 248 g/mol. The molecule has 18 heavy (non-hydrogen) atoms. The third-order valence-electron chi connectivity index (χ3n) is 2.98. The number of halogens is 4. The molecule has 0 radical (unpaired) electrons. The fourth-order valence-corrected chi connectivity index (χ4v) is 2.10. The van der Waals surface area contributed by atoms with E-state index in [2.05, 4.69) is 0 Å². The number of alkyl halides is 3. The van der Waals surface area contributed by atoms with Crippen LogP contribution < -0.4 is 4.90 Å². The van der Waals surface area contributed by atoms with E-state index in [1.807, 2.05) is 6.07 Å². The quantitative estimate of drug-likeness (QED) is 0.722. The molecule has 0 N–H and O–H groups in total. The van der Waals surface area contributed by atoms with E-state index >= 15 is 0 Å². The maximum Gasteiger partial charge on any atom is 0.416 e. The third kappa shape index (κ3) is 2.26. The van der Waals surface area contributed by atoms with Crippen molar-refractivity contribution in [2.75, 3.05) is 11.4 Å². The van der Waals surface area contributed by atoms with Gasteiger partial charge in [-0.15, -0.1) is 0 Å². The van der Waals surface area contributed by atoms with Crippen LogP contribution >= 0.6 is 0 Å². The highest BCUT2D eigenvalue weighted by Crippen LogP contribution is 2.35. The maximum atomic E-state index is 13.6. The zero-order chi connectivity index (χ0) is 13.3. The molecule has 2 rings (SSSR count). The summed E-state index contributed by atoms with van der Waals surface area (Å²) in [4.78, 5) is 1.39. The normalized spacial score (nSPS) is 19.9. The Bertz CT molecular complexity index is 490. The number of rotatable bonds is 1. The molecule has 2 nitrogen and oxygen atoms in total. The van der Waals surface area contributed by atoms with Crippen molar-refractivity contribution < 1.29 is 17.6 Å². The largest absolute Gasteiger partial charge is 0.416 e. The molecule has 1 fully saturated rings. The molecule has 0 aliphatic carbocycles. The number of hydrogen-bond acceptors (Lipinski definition) is 2. The first kappa shape index (κ1) is 12.7. The molecule has 0 bridgehead atoms. The number of nitrogens with zero attached hydrogens (tertiary/aromatic N) is 2. The topological polar surface area (TPSA) is 27.0 Å². The monoisotopic (exact) mass is 258 g/mol. The summed E-state index contributed by atoms with van der Waals surface area (Å²) >= 11 is 0. The van der Waals surface area contributed by atoms with Gasteiger partial charge in [0.2, 0.25) is 0 Å². The predicted molar refractivity (Wildman–Crippen MR) is 57.4 cm³/mol. The van der Waals surface area contributed by atoms with Gasteiger partial charge in [0.05, 0.1) is 17.3 Å². The second-order valence-electron chi connectivity index (χ2n) is 4.14. The summed E-state index contributed by atoms with van der Waals surface area (Å²) in [5.74, 6) is -0.731. The van der Waals surface area contributed by atoms with Gasteiger partial charge in [-0.3, -0.25) is 0 Å². The zero-order valence-electron chi connectivity index (χ0n) is 9.34. The average molecular weight is 258 g/mol. The summed E-state index contributed by atoms with van der Waals surface area (Å²) in [6.45, 7) is 0.399. The lowest BCUT2D eigenvalue weighted by molar-refractivity contribution is -0.137. The average Bonchev–Trinajstić information content (AvgIpc) is 2.76. The molecule has 6 heteroatoms. The van der Waals surface area contributed by atoms with Gasteiger partial charge in [-0.05, 0) is 31.0 Å². The van der Waals surface area contributed by atoms with Crippen molar-refractivity contribution in [3.63, 3.8) is 0 Å². The summed E-state index contributed by atoms with van der Waals surface area (Å²) in [5, 5.41) is 8.88. The van der Waals surface area contributed by atoms with E-state index in [-0.39, 0.29) is 5.69 Å². The van der Waals surface area contributed by atoms with E-state index in [1.54, 1.807) is 0 Å². The van der Waals surface area contributed by atoms with Crippen LogP contribution in [0.3, 0.4) is 0 Å². The smallest absolute Gasteiger partial charge is 0.353 e. The van der Waals surface area contributed by atoms with E-state index in [1.165, 1.54) is 4.90 Å². The number of anilines is 1. The van der Waals surface area contributed by atoms with E-state index in [9.17, 15) is 17.6 Å². The van der Waals surface area contributed by atoms with Crippen molar-refractivity contribution >= 4 is 5.69 Å². The fraction of sp³-hybridized carbons (Fsp3) is 0.417. The zero-order valence-corrected chi connectivity index (χ0v) is 9.34. The van der Waals surface area contributed by atoms with Crippen molar-refractivity contribution in [2.45, 2.75) is 25.1 Å². The molecule has 1 aromatic carbocycles. The van der Waals surface area contributed by atoms with Gasteiger partial charge in [0.15, 0.2) is 0 Å². The van der Waals surface area contributed by atoms with Gasteiger partial charge >= 0.3 is 6.18 Å². The van der Waals surface area contributed by atoms with E-state index < -0.39 is 23.6 Å². The van der Waals surface area contributed by atoms with Gasteiger partial charge in [-0.25, -0.2) is 4.39 Å². The molecule has 1 saturated heterocycles.